The van der Waals surface area contributed by atoms with Crippen LogP contribution in [-0.2, 0) is 0 Å². The Kier molecular flexibility index (Phi) is 10.3. The van der Waals surface area contributed by atoms with Crippen LogP contribution in [0.3, 0.4) is 0 Å². The lowest BCUT2D eigenvalue weighted by Gasteiger charge is -1.97. The molecule has 80 valence electrons. The second-order valence-electron chi connectivity index (χ2n) is 1.95. The van der Waals surface area contributed by atoms with Crippen LogP contribution < -0.4 is 11.5 Å². The molecule has 0 atom stereocenters. The molecule has 1 aromatic carbocycles. The van der Waals surface area contributed by atoms with Crippen LogP contribution in [0.15, 0.2) is 24.3 Å². The van der Waals surface area contributed by atoms with E-state index in [1.54, 1.807) is 24.3 Å². The Morgan fingerprint density at radius 3 is 1.79 bits per heavy atom. The zero-order valence-corrected chi connectivity index (χ0v) is 9.37. The van der Waals surface area contributed by atoms with Crippen molar-refractivity contribution in [2.24, 2.45) is 5.73 Å². The molecule has 0 bridgehead atoms. The summed E-state index contributed by atoms with van der Waals surface area (Å²) in [5, 5.41) is 0. The molecule has 0 saturated heterocycles. The maximum absolute atomic E-state index is 10.6. The molecule has 0 fully saturated rings. The molecular formula is C11H20N2O. The van der Waals surface area contributed by atoms with Gasteiger partial charge in [0, 0.05) is 5.69 Å². The lowest BCUT2D eigenvalue weighted by Crippen LogP contribution is -2.12. The van der Waals surface area contributed by atoms with E-state index in [0.29, 0.717) is 11.3 Å². The summed E-state index contributed by atoms with van der Waals surface area (Å²) in [5.41, 5.74) is 11.2. The van der Waals surface area contributed by atoms with E-state index in [9.17, 15) is 4.79 Å². The van der Waals surface area contributed by atoms with Crippen LogP contribution in [0.25, 0.3) is 0 Å². The summed E-state index contributed by atoms with van der Waals surface area (Å²) >= 11 is 0. The minimum absolute atomic E-state index is 0.377. The highest BCUT2D eigenvalue weighted by Crippen LogP contribution is 2.08. The third-order valence-corrected chi connectivity index (χ3v) is 1.23. The van der Waals surface area contributed by atoms with Crippen LogP contribution in [0.5, 0.6) is 0 Å². The molecule has 1 aromatic rings. The van der Waals surface area contributed by atoms with Gasteiger partial charge in [0.1, 0.15) is 0 Å². The minimum atomic E-state index is -0.488. The molecule has 0 aromatic heterocycles. The van der Waals surface area contributed by atoms with Gasteiger partial charge in [0.25, 0.3) is 5.91 Å². The molecule has 0 aliphatic heterocycles. The molecule has 0 aliphatic carbocycles. The quantitative estimate of drug-likeness (QED) is 0.677. The zero-order valence-electron chi connectivity index (χ0n) is 9.37. The number of primary amides is 1. The van der Waals surface area contributed by atoms with Gasteiger partial charge in [-0.1, -0.05) is 39.8 Å². The highest BCUT2D eigenvalue weighted by atomic mass is 16.1. The molecular weight excluding hydrogens is 176 g/mol. The molecule has 0 radical (unpaired) electrons. The third kappa shape index (κ3) is 5.19. The van der Waals surface area contributed by atoms with Crippen molar-refractivity contribution in [3.8, 4) is 0 Å². The number of benzene rings is 1. The third-order valence-electron chi connectivity index (χ3n) is 1.23. The number of carbonyl (C=O) groups excluding carboxylic acids is 1. The highest BCUT2D eigenvalue weighted by molar-refractivity contribution is 5.97. The van der Waals surface area contributed by atoms with Crippen LogP contribution in [0.1, 0.15) is 38.1 Å². The summed E-state index contributed by atoms with van der Waals surface area (Å²) in [5.74, 6) is -0.488. The van der Waals surface area contributed by atoms with Gasteiger partial charge in [0.15, 0.2) is 0 Å². The van der Waals surface area contributed by atoms with E-state index in [1.807, 2.05) is 27.7 Å². The van der Waals surface area contributed by atoms with E-state index in [2.05, 4.69) is 0 Å². The predicted molar refractivity (Wildman–Crippen MR) is 62.1 cm³/mol. The Balaban J connectivity index is 0. The van der Waals surface area contributed by atoms with Crippen molar-refractivity contribution in [3.63, 3.8) is 0 Å². The first-order valence-electron chi connectivity index (χ1n) is 4.86. The van der Waals surface area contributed by atoms with Crippen LogP contribution >= 0.6 is 0 Å². The van der Waals surface area contributed by atoms with Gasteiger partial charge in [0.05, 0.1) is 5.56 Å². The predicted octanol–water partition coefficient (Wildman–Crippen LogP) is 2.42. The zero-order chi connectivity index (χ0) is 11.6. The maximum Gasteiger partial charge on any atom is 0.250 e. The first kappa shape index (κ1) is 15.0. The highest BCUT2D eigenvalue weighted by Gasteiger charge is 2.01. The Labute approximate surface area is 86.1 Å². The number of anilines is 1. The van der Waals surface area contributed by atoms with Gasteiger partial charge >= 0.3 is 0 Å². The van der Waals surface area contributed by atoms with Crippen molar-refractivity contribution in [3.05, 3.63) is 29.8 Å². The fraction of sp³-hybridized carbons (Fsp3) is 0.364. The summed E-state index contributed by atoms with van der Waals surface area (Å²) < 4.78 is 0. The Morgan fingerprint density at radius 1 is 1.07 bits per heavy atom. The lowest BCUT2D eigenvalue weighted by molar-refractivity contribution is 0.100. The van der Waals surface area contributed by atoms with E-state index < -0.39 is 5.91 Å². The molecule has 1 amide bonds. The first-order valence-corrected chi connectivity index (χ1v) is 4.86. The summed E-state index contributed by atoms with van der Waals surface area (Å²) in [6.07, 6.45) is 0. The molecule has 0 heterocycles. The van der Waals surface area contributed by atoms with Crippen molar-refractivity contribution in [2.45, 2.75) is 27.7 Å². The fourth-order valence-corrected chi connectivity index (χ4v) is 0.721. The summed E-state index contributed by atoms with van der Waals surface area (Å²) in [7, 11) is 0. The number of hydrogen-bond acceptors (Lipinski definition) is 2. The largest absolute Gasteiger partial charge is 0.398 e. The molecule has 14 heavy (non-hydrogen) atoms. The van der Waals surface area contributed by atoms with Gasteiger partial charge in [0.2, 0.25) is 0 Å². The van der Waals surface area contributed by atoms with E-state index >= 15 is 0 Å². The number of amides is 1. The van der Waals surface area contributed by atoms with Gasteiger partial charge in [-0.2, -0.15) is 0 Å². The normalized spacial score (nSPS) is 7.43. The molecule has 0 aliphatic rings. The van der Waals surface area contributed by atoms with Gasteiger partial charge in [-0.05, 0) is 12.1 Å². The molecule has 3 heteroatoms. The number of para-hydroxylation sites is 1. The van der Waals surface area contributed by atoms with Gasteiger partial charge in [-0.3, -0.25) is 4.79 Å². The van der Waals surface area contributed by atoms with Crippen molar-refractivity contribution >= 4 is 11.6 Å². The number of nitrogen functional groups attached to an aromatic ring is 1. The number of rotatable bonds is 1. The van der Waals surface area contributed by atoms with Crippen molar-refractivity contribution in [1.29, 1.82) is 0 Å². The number of nitrogens with two attached hydrogens (primary N) is 2. The van der Waals surface area contributed by atoms with Crippen molar-refractivity contribution < 1.29 is 4.79 Å². The summed E-state index contributed by atoms with van der Waals surface area (Å²) in [4.78, 5) is 10.6. The van der Waals surface area contributed by atoms with Crippen LogP contribution in [0.2, 0.25) is 0 Å². The molecule has 4 N–H and O–H groups in total. The average Bonchev–Trinajstić information content (AvgIpc) is 2.24. The van der Waals surface area contributed by atoms with Gasteiger partial charge in [-0.25, -0.2) is 0 Å². The van der Waals surface area contributed by atoms with Gasteiger partial charge < -0.3 is 11.5 Å². The standard InChI is InChI=1S/C7H8N2O.2C2H6/c8-6-4-2-1-3-5(6)7(9)10;2*1-2/h1-4H,8H2,(H2,9,10);2*1-2H3. The number of hydrogen-bond donors (Lipinski definition) is 2. The first-order chi connectivity index (χ1) is 6.72. The summed E-state index contributed by atoms with van der Waals surface area (Å²) in [6.45, 7) is 8.00. The SMILES string of the molecule is CC.CC.NC(=O)c1ccccc1N. The molecule has 0 saturated carbocycles. The molecule has 1 rings (SSSR count). The second-order valence-corrected chi connectivity index (χ2v) is 1.95. The smallest absolute Gasteiger partial charge is 0.250 e. The molecule has 3 nitrogen and oxygen atoms in total. The molecule has 0 unspecified atom stereocenters. The van der Waals surface area contributed by atoms with E-state index in [4.69, 9.17) is 11.5 Å². The maximum atomic E-state index is 10.6. The fourth-order valence-electron chi connectivity index (χ4n) is 0.721. The average molecular weight is 196 g/mol. The summed E-state index contributed by atoms with van der Waals surface area (Å²) in [6, 6.07) is 6.70. The van der Waals surface area contributed by atoms with Crippen molar-refractivity contribution in [1.82, 2.24) is 0 Å². The van der Waals surface area contributed by atoms with Gasteiger partial charge in [-0.15, -0.1) is 0 Å². The van der Waals surface area contributed by atoms with E-state index in [-0.39, 0.29) is 0 Å². The monoisotopic (exact) mass is 196 g/mol. The Morgan fingerprint density at radius 2 is 1.50 bits per heavy atom. The number of carbonyl (C=O) groups is 1. The van der Waals surface area contributed by atoms with E-state index in [1.165, 1.54) is 0 Å². The van der Waals surface area contributed by atoms with Crippen LogP contribution in [0, 0.1) is 0 Å². The lowest BCUT2D eigenvalue weighted by atomic mass is 10.2. The topological polar surface area (TPSA) is 69.1 Å². The molecule has 0 spiro atoms. The van der Waals surface area contributed by atoms with Crippen molar-refractivity contribution in [2.75, 3.05) is 5.73 Å². The minimum Gasteiger partial charge on any atom is -0.398 e. The van der Waals surface area contributed by atoms with Crippen LogP contribution in [-0.4, -0.2) is 5.91 Å². The Bertz CT molecular complexity index is 259. The van der Waals surface area contributed by atoms with Crippen LogP contribution in [0.4, 0.5) is 5.69 Å². The Hall–Kier alpha value is -1.51. The van der Waals surface area contributed by atoms with E-state index in [0.717, 1.165) is 0 Å². The second kappa shape index (κ2) is 9.58.